The number of amides is 2. The van der Waals surface area contributed by atoms with Gasteiger partial charge < -0.3 is 10.3 Å². The lowest BCUT2D eigenvalue weighted by Gasteiger charge is -2.23. The second-order valence-corrected chi connectivity index (χ2v) is 9.56. The number of hydrogen-bond acceptors (Lipinski definition) is 4. The van der Waals surface area contributed by atoms with Crippen molar-refractivity contribution in [3.63, 3.8) is 0 Å². The lowest BCUT2D eigenvalue weighted by Crippen LogP contribution is -2.39. The number of benzene rings is 1. The van der Waals surface area contributed by atoms with Crippen LogP contribution in [0.2, 0.25) is 0 Å². The van der Waals surface area contributed by atoms with Gasteiger partial charge in [0.25, 0.3) is 12.3 Å². The fraction of sp³-hybridized carbons (Fsp3) is 0.417. The van der Waals surface area contributed by atoms with Gasteiger partial charge in [0.05, 0.1) is 17.0 Å². The van der Waals surface area contributed by atoms with Crippen LogP contribution in [0.25, 0.3) is 11.3 Å². The van der Waals surface area contributed by atoms with Gasteiger partial charge in [0.1, 0.15) is 11.5 Å². The van der Waals surface area contributed by atoms with Gasteiger partial charge in [-0.15, -0.1) is 0 Å². The summed E-state index contributed by atoms with van der Waals surface area (Å²) in [7, 11) is 0. The standard InChI is InChI=1S/C24H25F6N5O2/c1-11-17(14-6-5-13(8-16(14)25)24(28,29)30)34-22(33-11)35-20(36)15-7-12(9-31-18(15)19(26)27)10-32-21(37)23(2,3)4/h5-6,8-9,12,19H,7,10H2,1-4H3,(H,32,37)(H2,33,34,35,36). The number of imidazole rings is 1. The van der Waals surface area contributed by atoms with E-state index in [1.807, 2.05) is 0 Å². The predicted molar refractivity (Wildman–Crippen MR) is 124 cm³/mol. The number of rotatable bonds is 6. The molecule has 1 unspecified atom stereocenters. The van der Waals surface area contributed by atoms with E-state index in [4.69, 9.17) is 0 Å². The Hall–Kier alpha value is -3.64. The number of halogens is 6. The summed E-state index contributed by atoms with van der Waals surface area (Å²) in [6.45, 7) is 6.63. The average Bonchev–Trinajstić information content (AvgIpc) is 3.15. The third-order valence-electron chi connectivity index (χ3n) is 5.57. The van der Waals surface area contributed by atoms with Crippen LogP contribution >= 0.6 is 0 Å². The van der Waals surface area contributed by atoms with Crippen LogP contribution < -0.4 is 10.6 Å². The van der Waals surface area contributed by atoms with Gasteiger partial charge in [0.15, 0.2) is 0 Å². The SMILES string of the molecule is Cc1nc(NC(=O)C2=C(C(F)F)N=CC(CNC(=O)C(C)(C)C)C2)[nH]c1-c1ccc(C(F)(F)F)cc1F. The van der Waals surface area contributed by atoms with Crippen LogP contribution in [0.4, 0.5) is 32.3 Å². The van der Waals surface area contributed by atoms with E-state index in [0.717, 1.165) is 6.07 Å². The smallest absolute Gasteiger partial charge is 0.355 e. The summed E-state index contributed by atoms with van der Waals surface area (Å²) in [6.07, 6.45) is -6.66. The Morgan fingerprint density at radius 3 is 2.43 bits per heavy atom. The lowest BCUT2D eigenvalue weighted by molar-refractivity contribution is -0.137. The van der Waals surface area contributed by atoms with Gasteiger partial charge in [-0.2, -0.15) is 13.2 Å². The van der Waals surface area contributed by atoms with Crippen molar-refractivity contribution in [2.24, 2.45) is 16.3 Å². The van der Waals surface area contributed by atoms with E-state index in [1.54, 1.807) is 20.8 Å². The first-order valence-electron chi connectivity index (χ1n) is 11.2. The fourth-order valence-corrected chi connectivity index (χ4v) is 3.55. The first-order valence-corrected chi connectivity index (χ1v) is 11.2. The molecule has 0 bridgehead atoms. The van der Waals surface area contributed by atoms with E-state index in [2.05, 4.69) is 25.6 Å². The molecule has 0 saturated heterocycles. The summed E-state index contributed by atoms with van der Waals surface area (Å²) in [4.78, 5) is 35.4. The quantitative estimate of drug-likeness (QED) is 0.446. The van der Waals surface area contributed by atoms with Crippen molar-refractivity contribution in [2.45, 2.75) is 46.7 Å². The van der Waals surface area contributed by atoms with Crippen molar-refractivity contribution < 1.29 is 35.9 Å². The Labute approximate surface area is 208 Å². The fourth-order valence-electron chi connectivity index (χ4n) is 3.55. The number of aliphatic imine (C=N–C) groups is 1. The number of aryl methyl sites for hydroxylation is 1. The molecule has 1 aromatic heterocycles. The van der Waals surface area contributed by atoms with Gasteiger partial charge >= 0.3 is 6.18 Å². The first kappa shape index (κ1) is 27.9. The molecule has 1 atom stereocenters. The maximum absolute atomic E-state index is 14.4. The number of carbonyl (C=O) groups is 2. The molecule has 200 valence electrons. The lowest BCUT2D eigenvalue weighted by atomic mass is 9.93. The number of anilines is 1. The predicted octanol–water partition coefficient (Wildman–Crippen LogP) is 5.25. The normalized spacial score (nSPS) is 16.4. The number of hydrogen-bond donors (Lipinski definition) is 3. The molecule has 0 spiro atoms. The highest BCUT2D eigenvalue weighted by Gasteiger charge is 2.32. The average molecular weight is 529 g/mol. The molecule has 0 aliphatic carbocycles. The number of aromatic nitrogens is 2. The Kier molecular flexibility index (Phi) is 7.84. The number of alkyl halides is 5. The second kappa shape index (κ2) is 10.4. The zero-order chi connectivity index (χ0) is 27.7. The van der Waals surface area contributed by atoms with Crippen molar-refractivity contribution in [3.8, 4) is 11.3 Å². The Morgan fingerprint density at radius 2 is 1.86 bits per heavy atom. The molecule has 3 rings (SSSR count). The molecule has 3 N–H and O–H groups in total. The van der Waals surface area contributed by atoms with Gasteiger partial charge in [-0.05, 0) is 31.5 Å². The van der Waals surface area contributed by atoms with Crippen molar-refractivity contribution >= 4 is 24.0 Å². The molecule has 0 fully saturated rings. The van der Waals surface area contributed by atoms with Crippen LogP contribution in [0.5, 0.6) is 0 Å². The molecule has 0 radical (unpaired) electrons. The summed E-state index contributed by atoms with van der Waals surface area (Å²) in [5.41, 5.74) is -2.94. The van der Waals surface area contributed by atoms with Crippen LogP contribution in [-0.4, -0.2) is 41.0 Å². The molecular formula is C24H25F6N5O2. The molecule has 2 amide bonds. The van der Waals surface area contributed by atoms with Crippen LogP contribution in [0, 0.1) is 24.1 Å². The second-order valence-electron chi connectivity index (χ2n) is 9.56. The van der Waals surface area contributed by atoms with Crippen molar-refractivity contribution in [3.05, 3.63) is 46.5 Å². The van der Waals surface area contributed by atoms with E-state index >= 15 is 0 Å². The van der Waals surface area contributed by atoms with Gasteiger partial charge in [-0.1, -0.05) is 20.8 Å². The van der Waals surface area contributed by atoms with Crippen LogP contribution in [0.15, 0.2) is 34.5 Å². The number of carbonyl (C=O) groups excluding carboxylic acids is 2. The number of nitrogens with one attached hydrogen (secondary N) is 3. The van der Waals surface area contributed by atoms with Crippen LogP contribution in [0.3, 0.4) is 0 Å². The largest absolute Gasteiger partial charge is 0.416 e. The molecule has 1 aliphatic rings. The minimum atomic E-state index is -4.73. The highest BCUT2D eigenvalue weighted by Crippen LogP contribution is 2.34. The van der Waals surface area contributed by atoms with Gasteiger partial charge in [-0.3, -0.25) is 19.9 Å². The minimum Gasteiger partial charge on any atom is -0.355 e. The van der Waals surface area contributed by atoms with Crippen LogP contribution in [-0.2, 0) is 15.8 Å². The van der Waals surface area contributed by atoms with E-state index in [-0.39, 0.29) is 47.3 Å². The van der Waals surface area contributed by atoms with Crippen molar-refractivity contribution in [2.75, 3.05) is 11.9 Å². The highest BCUT2D eigenvalue weighted by atomic mass is 19.4. The molecule has 13 heteroatoms. The molecule has 0 saturated carbocycles. The Balaban J connectivity index is 1.79. The molecule has 7 nitrogen and oxygen atoms in total. The molecular weight excluding hydrogens is 504 g/mol. The van der Waals surface area contributed by atoms with Crippen molar-refractivity contribution in [1.29, 1.82) is 0 Å². The molecule has 1 aromatic carbocycles. The zero-order valence-corrected chi connectivity index (χ0v) is 20.4. The summed E-state index contributed by atoms with van der Waals surface area (Å²) in [5, 5.41) is 5.03. The monoisotopic (exact) mass is 529 g/mol. The van der Waals surface area contributed by atoms with E-state index in [0.29, 0.717) is 12.1 Å². The molecule has 2 heterocycles. The summed E-state index contributed by atoms with van der Waals surface area (Å²) < 4.78 is 80.0. The van der Waals surface area contributed by atoms with E-state index in [1.165, 1.54) is 13.1 Å². The Morgan fingerprint density at radius 1 is 1.19 bits per heavy atom. The highest BCUT2D eigenvalue weighted by molar-refractivity contribution is 6.04. The van der Waals surface area contributed by atoms with E-state index < -0.39 is 46.9 Å². The minimum absolute atomic E-state index is 0.00835. The zero-order valence-electron chi connectivity index (χ0n) is 20.4. The Bertz CT molecular complexity index is 1260. The van der Waals surface area contributed by atoms with E-state index in [9.17, 15) is 35.9 Å². The third-order valence-corrected chi connectivity index (χ3v) is 5.57. The summed E-state index contributed by atoms with van der Waals surface area (Å²) in [6, 6.07) is 1.97. The maximum atomic E-state index is 14.4. The summed E-state index contributed by atoms with van der Waals surface area (Å²) >= 11 is 0. The molecule has 1 aliphatic heterocycles. The maximum Gasteiger partial charge on any atom is 0.416 e. The van der Waals surface area contributed by atoms with Gasteiger partial charge in [-0.25, -0.2) is 18.2 Å². The van der Waals surface area contributed by atoms with Gasteiger partial charge in [0.2, 0.25) is 11.9 Å². The van der Waals surface area contributed by atoms with Crippen LogP contribution in [0.1, 0.15) is 38.4 Å². The molecule has 37 heavy (non-hydrogen) atoms. The topological polar surface area (TPSA) is 99.2 Å². The number of aromatic amines is 1. The number of nitrogens with zero attached hydrogens (tertiary/aromatic N) is 2. The number of H-pyrrole nitrogens is 1. The molecule has 2 aromatic rings. The third kappa shape index (κ3) is 6.57. The van der Waals surface area contributed by atoms with Gasteiger partial charge in [0, 0.05) is 35.2 Å². The number of allylic oxidation sites excluding steroid dienone is 1. The van der Waals surface area contributed by atoms with Crippen molar-refractivity contribution in [1.82, 2.24) is 15.3 Å². The summed E-state index contributed by atoms with van der Waals surface area (Å²) in [5.74, 6) is -3.10. The first-order chi connectivity index (χ1) is 17.1.